The minimum absolute atomic E-state index is 0.328. The summed E-state index contributed by atoms with van der Waals surface area (Å²) in [7, 11) is 0. The number of halogens is 2. The lowest BCUT2D eigenvalue weighted by atomic mass is 10.1. The van der Waals surface area contributed by atoms with E-state index in [0.717, 1.165) is 33.5 Å². The predicted octanol–water partition coefficient (Wildman–Crippen LogP) is 6.03. The number of hydrogen-bond donors (Lipinski definition) is 0. The van der Waals surface area contributed by atoms with Gasteiger partial charge in [0.05, 0.1) is 15.7 Å². The summed E-state index contributed by atoms with van der Waals surface area (Å²) in [6.45, 7) is 1.36. The van der Waals surface area contributed by atoms with Gasteiger partial charge in [-0.15, -0.1) is 0 Å². The third kappa shape index (κ3) is 3.55. The van der Waals surface area contributed by atoms with Crippen LogP contribution in [0.25, 0.3) is 10.9 Å². The predicted molar refractivity (Wildman–Crippen MR) is 115 cm³/mol. The molecular formula is C23H17Cl2N3O. The highest BCUT2D eigenvalue weighted by Crippen LogP contribution is 2.39. The number of fused-ring (bicyclic) bond motifs is 3. The van der Waals surface area contributed by atoms with E-state index in [9.17, 15) is 0 Å². The maximum atomic E-state index is 6.51. The average Bonchev–Trinajstić information content (AvgIpc) is 2.76. The largest absolute Gasteiger partial charge is 0.467 e. The number of nitrogens with zero attached hydrogens (tertiary/aromatic N) is 3. The van der Waals surface area contributed by atoms with Crippen molar-refractivity contribution in [1.29, 1.82) is 0 Å². The van der Waals surface area contributed by atoms with Crippen LogP contribution in [-0.4, -0.2) is 14.9 Å². The second-order valence-electron chi connectivity index (χ2n) is 7.01. The molecule has 0 spiro atoms. The fourth-order valence-corrected chi connectivity index (χ4v) is 4.01. The molecule has 0 aliphatic carbocycles. The van der Waals surface area contributed by atoms with E-state index in [1.165, 1.54) is 0 Å². The lowest BCUT2D eigenvalue weighted by molar-refractivity contribution is -0.0106. The van der Waals surface area contributed by atoms with Crippen molar-refractivity contribution in [3.8, 4) is 5.75 Å². The maximum Gasteiger partial charge on any atom is 0.196 e. The molecular weight excluding hydrogens is 405 g/mol. The van der Waals surface area contributed by atoms with Gasteiger partial charge in [0.25, 0.3) is 0 Å². The van der Waals surface area contributed by atoms with Gasteiger partial charge in [0.2, 0.25) is 0 Å². The first kappa shape index (κ1) is 18.4. The molecule has 0 amide bonds. The highest BCUT2D eigenvalue weighted by Gasteiger charge is 2.31. The van der Waals surface area contributed by atoms with Crippen LogP contribution in [0.5, 0.6) is 5.75 Å². The molecule has 2 aromatic heterocycles. The molecule has 0 saturated carbocycles. The van der Waals surface area contributed by atoms with Gasteiger partial charge in [0.15, 0.2) is 12.0 Å². The van der Waals surface area contributed by atoms with Crippen molar-refractivity contribution in [3.05, 3.63) is 99.9 Å². The molecule has 6 heteroatoms. The highest BCUT2D eigenvalue weighted by atomic mass is 35.5. The molecule has 1 aliphatic heterocycles. The van der Waals surface area contributed by atoms with Gasteiger partial charge in [-0.25, -0.2) is 0 Å². The first-order chi connectivity index (χ1) is 14.2. The Morgan fingerprint density at radius 2 is 1.83 bits per heavy atom. The minimum atomic E-state index is -0.328. The van der Waals surface area contributed by atoms with Gasteiger partial charge in [-0.2, -0.15) is 0 Å². The standard InChI is InChI=1S/C23H17Cl2N3O/c24-18-9-6-15(12-19(18)25)13-28-14-17-8-7-16-4-3-11-27-21(16)22(17)29-23(28)20-5-1-2-10-26-20/h1-12,23H,13-14H2. The van der Waals surface area contributed by atoms with Crippen molar-refractivity contribution in [2.75, 3.05) is 0 Å². The normalized spacial score (nSPS) is 16.4. The molecule has 1 unspecified atom stereocenters. The van der Waals surface area contributed by atoms with Gasteiger partial charge >= 0.3 is 0 Å². The van der Waals surface area contributed by atoms with Gasteiger partial charge in [-0.1, -0.05) is 53.5 Å². The van der Waals surface area contributed by atoms with E-state index in [0.29, 0.717) is 23.1 Å². The van der Waals surface area contributed by atoms with Crippen LogP contribution in [0.1, 0.15) is 23.0 Å². The molecule has 29 heavy (non-hydrogen) atoms. The summed E-state index contributed by atoms with van der Waals surface area (Å²) in [6, 6.07) is 19.7. The van der Waals surface area contributed by atoms with Crippen LogP contribution in [-0.2, 0) is 13.1 Å². The second-order valence-corrected chi connectivity index (χ2v) is 7.82. The molecule has 0 radical (unpaired) electrons. The third-order valence-electron chi connectivity index (χ3n) is 5.05. The highest BCUT2D eigenvalue weighted by molar-refractivity contribution is 6.42. The first-order valence-electron chi connectivity index (χ1n) is 9.31. The zero-order chi connectivity index (χ0) is 19.8. The quantitative estimate of drug-likeness (QED) is 0.404. The molecule has 144 valence electrons. The molecule has 0 bridgehead atoms. The fraction of sp³-hybridized carbons (Fsp3) is 0.130. The van der Waals surface area contributed by atoms with Crippen molar-refractivity contribution in [2.45, 2.75) is 19.3 Å². The van der Waals surface area contributed by atoms with E-state index in [1.807, 2.05) is 48.5 Å². The zero-order valence-corrected chi connectivity index (χ0v) is 16.9. The summed E-state index contributed by atoms with van der Waals surface area (Å²) in [6.07, 6.45) is 3.25. The Kier molecular flexibility index (Phi) is 4.84. The van der Waals surface area contributed by atoms with Crippen LogP contribution in [0, 0.1) is 0 Å². The van der Waals surface area contributed by atoms with Crippen molar-refractivity contribution in [2.24, 2.45) is 0 Å². The smallest absolute Gasteiger partial charge is 0.196 e. The maximum absolute atomic E-state index is 6.51. The van der Waals surface area contributed by atoms with Crippen LogP contribution in [0.15, 0.2) is 73.1 Å². The Bertz CT molecular complexity index is 1180. The topological polar surface area (TPSA) is 38.2 Å². The summed E-state index contributed by atoms with van der Waals surface area (Å²) in [5.41, 5.74) is 3.89. The van der Waals surface area contributed by atoms with Crippen LogP contribution >= 0.6 is 23.2 Å². The summed E-state index contributed by atoms with van der Waals surface area (Å²) in [5.74, 6) is 0.823. The number of aromatic nitrogens is 2. The average molecular weight is 422 g/mol. The van der Waals surface area contributed by atoms with E-state index in [-0.39, 0.29) is 6.23 Å². The SMILES string of the molecule is Clc1ccc(CN2Cc3ccc4cccnc4c3OC2c2ccccn2)cc1Cl. The second kappa shape index (κ2) is 7.64. The number of rotatable bonds is 3. The fourth-order valence-electron chi connectivity index (χ4n) is 3.68. The van der Waals surface area contributed by atoms with Crippen LogP contribution in [0.2, 0.25) is 10.0 Å². The summed E-state index contributed by atoms with van der Waals surface area (Å²) in [4.78, 5) is 11.3. The van der Waals surface area contributed by atoms with Gasteiger partial charge in [-0.3, -0.25) is 14.9 Å². The lowest BCUT2D eigenvalue weighted by Gasteiger charge is -2.37. The Balaban J connectivity index is 1.57. The third-order valence-corrected chi connectivity index (χ3v) is 5.79. The number of hydrogen-bond acceptors (Lipinski definition) is 4. The Morgan fingerprint density at radius 3 is 2.66 bits per heavy atom. The summed E-state index contributed by atoms with van der Waals surface area (Å²) >= 11 is 12.3. The molecule has 4 aromatic rings. The van der Waals surface area contributed by atoms with Gasteiger partial charge < -0.3 is 4.74 Å². The Hall–Kier alpha value is -2.66. The molecule has 0 N–H and O–H groups in total. The van der Waals surface area contributed by atoms with Crippen LogP contribution < -0.4 is 4.74 Å². The molecule has 1 atom stereocenters. The van der Waals surface area contributed by atoms with Gasteiger partial charge in [0, 0.05) is 36.4 Å². The molecule has 0 fully saturated rings. The van der Waals surface area contributed by atoms with E-state index in [2.05, 4.69) is 27.0 Å². The van der Waals surface area contributed by atoms with Gasteiger partial charge in [0.1, 0.15) is 5.52 Å². The summed E-state index contributed by atoms with van der Waals surface area (Å²) in [5, 5.41) is 2.16. The van der Waals surface area contributed by atoms with E-state index in [4.69, 9.17) is 27.9 Å². The summed E-state index contributed by atoms with van der Waals surface area (Å²) < 4.78 is 6.51. The zero-order valence-electron chi connectivity index (χ0n) is 15.4. The van der Waals surface area contributed by atoms with Crippen LogP contribution in [0.3, 0.4) is 0 Å². The van der Waals surface area contributed by atoms with Crippen molar-refractivity contribution < 1.29 is 4.74 Å². The monoisotopic (exact) mass is 421 g/mol. The van der Waals surface area contributed by atoms with Crippen molar-refractivity contribution in [1.82, 2.24) is 14.9 Å². The Morgan fingerprint density at radius 1 is 0.931 bits per heavy atom. The lowest BCUT2D eigenvalue weighted by Crippen LogP contribution is -2.36. The minimum Gasteiger partial charge on any atom is -0.467 e. The number of pyridine rings is 2. The van der Waals surface area contributed by atoms with Gasteiger partial charge in [-0.05, 0) is 35.9 Å². The molecule has 3 heterocycles. The molecule has 1 aliphatic rings. The van der Waals surface area contributed by atoms with E-state index >= 15 is 0 Å². The van der Waals surface area contributed by atoms with Crippen molar-refractivity contribution in [3.63, 3.8) is 0 Å². The Labute approximate surface area is 178 Å². The van der Waals surface area contributed by atoms with Crippen LogP contribution in [0.4, 0.5) is 0 Å². The molecule has 0 saturated heterocycles. The molecule has 2 aromatic carbocycles. The molecule has 5 rings (SSSR count). The van der Waals surface area contributed by atoms with E-state index in [1.54, 1.807) is 12.4 Å². The number of benzene rings is 2. The first-order valence-corrected chi connectivity index (χ1v) is 10.1. The molecule has 4 nitrogen and oxygen atoms in total. The van der Waals surface area contributed by atoms with E-state index < -0.39 is 0 Å². The number of ether oxygens (including phenoxy) is 1. The van der Waals surface area contributed by atoms with Crippen molar-refractivity contribution >= 4 is 34.1 Å².